The first-order chi connectivity index (χ1) is 3.83. The lowest BCUT2D eigenvalue weighted by Gasteiger charge is -2.31. The monoisotopic (exact) mass is 111 g/mol. The normalized spacial score (nSPS) is 36.1. The van der Waals surface area contributed by atoms with Crippen molar-refractivity contribution in [3.05, 3.63) is 12.7 Å². The average molecular weight is 111 g/mol. The summed E-state index contributed by atoms with van der Waals surface area (Å²) in [5.74, 6) is 0.863. The molecule has 1 heteroatoms. The van der Waals surface area contributed by atoms with Gasteiger partial charge in [0.2, 0.25) is 0 Å². The summed E-state index contributed by atoms with van der Waals surface area (Å²) in [6.07, 6.45) is 5.57. The zero-order valence-electron chi connectivity index (χ0n) is 5.14. The first-order valence-corrected chi connectivity index (χ1v) is 3.19. The summed E-state index contributed by atoms with van der Waals surface area (Å²) in [5, 5.41) is 0. The molecular formula is C7H13N. The van der Waals surface area contributed by atoms with Gasteiger partial charge in [-0.15, -0.1) is 6.58 Å². The van der Waals surface area contributed by atoms with E-state index in [1.807, 2.05) is 6.08 Å². The van der Waals surface area contributed by atoms with E-state index >= 15 is 0 Å². The molecule has 0 amide bonds. The van der Waals surface area contributed by atoms with Crippen molar-refractivity contribution in [1.82, 2.24) is 0 Å². The number of rotatable bonds is 2. The van der Waals surface area contributed by atoms with Crippen molar-refractivity contribution in [1.29, 1.82) is 0 Å². The van der Waals surface area contributed by atoms with Crippen LogP contribution < -0.4 is 5.73 Å². The molecule has 0 aliphatic heterocycles. The molecule has 2 N–H and O–H groups in total. The molecular weight excluding hydrogens is 98.1 g/mol. The van der Waals surface area contributed by atoms with Crippen molar-refractivity contribution in [3.63, 3.8) is 0 Å². The Hall–Kier alpha value is -0.300. The van der Waals surface area contributed by atoms with Gasteiger partial charge in [-0.25, -0.2) is 0 Å². The molecule has 1 rings (SSSR count). The van der Waals surface area contributed by atoms with E-state index in [-0.39, 0.29) is 0 Å². The molecule has 0 radical (unpaired) electrons. The summed E-state index contributed by atoms with van der Waals surface area (Å²) in [6.45, 7) is 3.67. The molecule has 46 valence electrons. The molecule has 0 bridgehead atoms. The van der Waals surface area contributed by atoms with Gasteiger partial charge in [-0.1, -0.05) is 6.08 Å². The molecule has 0 spiro atoms. The second-order valence-corrected chi connectivity index (χ2v) is 2.62. The predicted molar refractivity (Wildman–Crippen MR) is 35.5 cm³/mol. The van der Waals surface area contributed by atoms with Crippen LogP contribution in [0.4, 0.5) is 0 Å². The zero-order chi connectivity index (χ0) is 5.98. The number of hydrogen-bond acceptors (Lipinski definition) is 1. The van der Waals surface area contributed by atoms with Crippen molar-refractivity contribution in [2.75, 3.05) is 0 Å². The Morgan fingerprint density at radius 2 is 2.25 bits per heavy atom. The second-order valence-electron chi connectivity index (χ2n) is 2.62. The maximum Gasteiger partial charge on any atom is 0.00443 e. The fraction of sp³-hybridized carbons (Fsp3) is 0.714. The van der Waals surface area contributed by atoms with Crippen LogP contribution in [0.5, 0.6) is 0 Å². The predicted octanol–water partition coefficient (Wildman–Crippen LogP) is 1.30. The van der Waals surface area contributed by atoms with E-state index in [0.717, 1.165) is 12.3 Å². The van der Waals surface area contributed by atoms with Gasteiger partial charge in [0.15, 0.2) is 0 Å². The number of allylic oxidation sites excluding steroid dienone is 1. The third-order valence-corrected chi connectivity index (χ3v) is 1.77. The lowest BCUT2D eigenvalue weighted by molar-refractivity contribution is 0.268. The van der Waals surface area contributed by atoms with Gasteiger partial charge in [-0.3, -0.25) is 0 Å². The van der Waals surface area contributed by atoms with E-state index in [9.17, 15) is 0 Å². The fourth-order valence-electron chi connectivity index (χ4n) is 1.22. The molecule has 1 aliphatic carbocycles. The largest absolute Gasteiger partial charge is 0.328 e. The van der Waals surface area contributed by atoms with Crippen LogP contribution in [0.2, 0.25) is 0 Å². The van der Waals surface area contributed by atoms with E-state index in [1.54, 1.807) is 0 Å². The van der Waals surface area contributed by atoms with Crippen LogP contribution >= 0.6 is 0 Å². The Morgan fingerprint density at radius 3 is 2.62 bits per heavy atom. The Labute approximate surface area is 50.6 Å². The summed E-state index contributed by atoms with van der Waals surface area (Å²) in [7, 11) is 0. The average Bonchev–Trinajstić information content (AvgIpc) is 1.64. The highest BCUT2D eigenvalue weighted by Crippen LogP contribution is 2.28. The van der Waals surface area contributed by atoms with Crippen molar-refractivity contribution < 1.29 is 0 Å². The Morgan fingerprint density at radius 1 is 1.62 bits per heavy atom. The van der Waals surface area contributed by atoms with Crippen LogP contribution in [0.15, 0.2) is 12.7 Å². The topological polar surface area (TPSA) is 26.0 Å². The van der Waals surface area contributed by atoms with Gasteiger partial charge in [0.1, 0.15) is 0 Å². The van der Waals surface area contributed by atoms with Crippen LogP contribution in [-0.4, -0.2) is 6.04 Å². The van der Waals surface area contributed by atoms with Gasteiger partial charge in [-0.2, -0.15) is 0 Å². The van der Waals surface area contributed by atoms with Gasteiger partial charge in [0.25, 0.3) is 0 Å². The third kappa shape index (κ3) is 1.10. The maximum atomic E-state index is 5.56. The van der Waals surface area contributed by atoms with E-state index in [1.165, 1.54) is 12.8 Å². The quantitative estimate of drug-likeness (QED) is 0.534. The van der Waals surface area contributed by atoms with E-state index in [0.29, 0.717) is 6.04 Å². The first-order valence-electron chi connectivity index (χ1n) is 3.19. The van der Waals surface area contributed by atoms with Crippen LogP contribution in [0.3, 0.4) is 0 Å². The molecule has 1 saturated carbocycles. The van der Waals surface area contributed by atoms with Gasteiger partial charge < -0.3 is 5.73 Å². The molecule has 0 aromatic heterocycles. The van der Waals surface area contributed by atoms with E-state index in [4.69, 9.17) is 5.73 Å². The third-order valence-electron chi connectivity index (χ3n) is 1.77. The molecule has 0 heterocycles. The Kier molecular flexibility index (Phi) is 1.69. The minimum absolute atomic E-state index is 0.500. The minimum atomic E-state index is 0.500. The summed E-state index contributed by atoms with van der Waals surface area (Å²) in [5.41, 5.74) is 5.56. The highest BCUT2D eigenvalue weighted by atomic mass is 14.7. The van der Waals surface area contributed by atoms with Gasteiger partial charge in [0.05, 0.1) is 0 Å². The zero-order valence-corrected chi connectivity index (χ0v) is 5.14. The molecule has 1 aliphatic rings. The molecule has 0 aromatic carbocycles. The Bertz CT molecular complexity index is 82.4. The first kappa shape index (κ1) is 5.83. The summed E-state index contributed by atoms with van der Waals surface area (Å²) in [6, 6.07) is 0.500. The molecule has 8 heavy (non-hydrogen) atoms. The van der Waals surface area contributed by atoms with Crippen LogP contribution in [0.1, 0.15) is 19.3 Å². The highest BCUT2D eigenvalue weighted by molar-refractivity contribution is 4.86. The number of nitrogens with two attached hydrogens (primary N) is 1. The van der Waals surface area contributed by atoms with Crippen LogP contribution in [-0.2, 0) is 0 Å². The lowest BCUT2D eigenvalue weighted by Crippen LogP contribution is -2.35. The molecule has 0 unspecified atom stereocenters. The summed E-state index contributed by atoms with van der Waals surface area (Å²) in [4.78, 5) is 0. The highest BCUT2D eigenvalue weighted by Gasteiger charge is 2.23. The SMILES string of the molecule is C=CCC1CC(N)C1. The van der Waals surface area contributed by atoms with Crippen molar-refractivity contribution in [2.24, 2.45) is 11.7 Å². The van der Waals surface area contributed by atoms with Crippen molar-refractivity contribution in [2.45, 2.75) is 25.3 Å². The number of hydrogen-bond donors (Lipinski definition) is 1. The fourth-order valence-corrected chi connectivity index (χ4v) is 1.22. The Balaban J connectivity index is 2.06. The van der Waals surface area contributed by atoms with Crippen LogP contribution in [0.25, 0.3) is 0 Å². The van der Waals surface area contributed by atoms with Crippen LogP contribution in [0, 0.1) is 5.92 Å². The second kappa shape index (κ2) is 2.31. The molecule has 1 nitrogen and oxygen atoms in total. The minimum Gasteiger partial charge on any atom is -0.328 e. The van der Waals surface area contributed by atoms with Gasteiger partial charge in [-0.05, 0) is 25.2 Å². The maximum absolute atomic E-state index is 5.56. The van der Waals surface area contributed by atoms with E-state index < -0.39 is 0 Å². The molecule has 0 aromatic rings. The van der Waals surface area contributed by atoms with Crippen molar-refractivity contribution >= 4 is 0 Å². The van der Waals surface area contributed by atoms with Crippen molar-refractivity contribution in [3.8, 4) is 0 Å². The molecule has 0 saturated heterocycles. The van der Waals surface area contributed by atoms with Gasteiger partial charge >= 0.3 is 0 Å². The summed E-state index contributed by atoms with van der Waals surface area (Å²) >= 11 is 0. The lowest BCUT2D eigenvalue weighted by atomic mass is 9.79. The van der Waals surface area contributed by atoms with E-state index in [2.05, 4.69) is 6.58 Å². The summed E-state index contributed by atoms with van der Waals surface area (Å²) < 4.78 is 0. The van der Waals surface area contributed by atoms with Gasteiger partial charge in [0, 0.05) is 6.04 Å². The molecule has 1 fully saturated rings. The standard InChI is InChI=1S/C7H13N/c1-2-3-6-4-7(8)5-6/h2,6-7H,1,3-5,8H2. The molecule has 0 atom stereocenters. The smallest absolute Gasteiger partial charge is 0.00443 e.